The third-order valence-corrected chi connectivity index (χ3v) is 7.20. The van der Waals surface area contributed by atoms with Crippen LogP contribution in [-0.2, 0) is 13.0 Å². The molecule has 0 spiro atoms. The van der Waals surface area contributed by atoms with Gasteiger partial charge in [-0.1, -0.05) is 0 Å². The van der Waals surface area contributed by atoms with E-state index in [1.54, 1.807) is 11.3 Å². The van der Waals surface area contributed by atoms with Crippen LogP contribution in [-0.4, -0.2) is 46.4 Å². The number of nitrogens with zero attached hydrogens (tertiary/aromatic N) is 3. The molecule has 4 nitrogen and oxygen atoms in total. The molecule has 0 atom stereocenters. The SMILES string of the molecule is Cc1nc2ccc(C(=O)N3CC(N4CCc5sccc5C4)C3)cc2s1. The molecule has 1 saturated heterocycles. The maximum absolute atomic E-state index is 12.8. The highest BCUT2D eigenvalue weighted by Crippen LogP contribution is 2.29. The Labute approximate surface area is 154 Å². The second kappa shape index (κ2) is 5.90. The first kappa shape index (κ1) is 15.5. The molecule has 1 fully saturated rings. The van der Waals surface area contributed by atoms with Crippen LogP contribution in [0.25, 0.3) is 10.2 Å². The molecule has 0 radical (unpaired) electrons. The van der Waals surface area contributed by atoms with Gasteiger partial charge in [-0.15, -0.1) is 22.7 Å². The van der Waals surface area contributed by atoms with Crippen molar-refractivity contribution < 1.29 is 4.79 Å². The van der Waals surface area contributed by atoms with E-state index < -0.39 is 0 Å². The summed E-state index contributed by atoms with van der Waals surface area (Å²) in [6.07, 6.45) is 1.15. The monoisotopic (exact) mass is 369 g/mol. The van der Waals surface area contributed by atoms with Crippen LogP contribution in [0.1, 0.15) is 25.8 Å². The Bertz CT molecular complexity index is 955. The van der Waals surface area contributed by atoms with Crippen molar-refractivity contribution in [2.75, 3.05) is 19.6 Å². The maximum Gasteiger partial charge on any atom is 0.254 e. The fraction of sp³-hybridized carbons (Fsp3) is 0.368. The van der Waals surface area contributed by atoms with Gasteiger partial charge >= 0.3 is 0 Å². The number of thiazole rings is 1. The van der Waals surface area contributed by atoms with Crippen molar-refractivity contribution in [2.24, 2.45) is 0 Å². The molecule has 2 aliphatic rings. The predicted octanol–water partition coefficient (Wildman–Crippen LogP) is 3.55. The zero-order valence-electron chi connectivity index (χ0n) is 14.1. The number of hydrogen-bond donors (Lipinski definition) is 0. The van der Waals surface area contributed by atoms with Crippen molar-refractivity contribution >= 4 is 38.8 Å². The van der Waals surface area contributed by atoms with Crippen molar-refractivity contribution in [1.82, 2.24) is 14.8 Å². The minimum absolute atomic E-state index is 0.150. The molecule has 3 aromatic rings. The number of amides is 1. The number of likely N-dealkylation sites (tertiary alicyclic amines) is 1. The molecular weight excluding hydrogens is 350 g/mol. The average molecular weight is 370 g/mol. The van der Waals surface area contributed by atoms with Gasteiger partial charge in [-0.05, 0) is 48.6 Å². The van der Waals surface area contributed by atoms with Crippen molar-refractivity contribution in [3.05, 3.63) is 50.7 Å². The van der Waals surface area contributed by atoms with Gasteiger partial charge in [0.25, 0.3) is 5.91 Å². The Morgan fingerprint density at radius 1 is 1.28 bits per heavy atom. The fourth-order valence-electron chi connectivity index (χ4n) is 3.79. The van der Waals surface area contributed by atoms with Crippen molar-refractivity contribution in [3.8, 4) is 0 Å². The van der Waals surface area contributed by atoms with Crippen LogP contribution in [0.2, 0.25) is 0 Å². The van der Waals surface area contributed by atoms with Gasteiger partial charge in [-0.25, -0.2) is 4.98 Å². The van der Waals surface area contributed by atoms with Gasteiger partial charge < -0.3 is 4.90 Å². The summed E-state index contributed by atoms with van der Waals surface area (Å²) < 4.78 is 1.10. The van der Waals surface area contributed by atoms with Gasteiger partial charge in [-0.3, -0.25) is 9.69 Å². The lowest BCUT2D eigenvalue weighted by Crippen LogP contribution is -2.61. The number of hydrogen-bond acceptors (Lipinski definition) is 5. The highest BCUT2D eigenvalue weighted by molar-refractivity contribution is 7.18. The number of carbonyl (C=O) groups is 1. The lowest BCUT2D eigenvalue weighted by Gasteiger charge is -2.46. The van der Waals surface area contributed by atoms with Crippen LogP contribution >= 0.6 is 22.7 Å². The van der Waals surface area contributed by atoms with Crippen molar-refractivity contribution in [3.63, 3.8) is 0 Å². The largest absolute Gasteiger partial charge is 0.335 e. The summed E-state index contributed by atoms with van der Waals surface area (Å²) in [5.74, 6) is 0.150. The quantitative estimate of drug-likeness (QED) is 0.693. The third kappa shape index (κ3) is 2.69. The standard InChI is InChI=1S/C19H19N3OS2/c1-12-20-16-3-2-13(8-18(16)25-12)19(23)22-10-15(11-22)21-6-4-17-14(9-21)5-7-24-17/h2-3,5,7-8,15H,4,6,9-11H2,1H3. The summed E-state index contributed by atoms with van der Waals surface area (Å²) in [6.45, 7) is 5.85. The van der Waals surface area contributed by atoms with Crippen LogP contribution in [0.3, 0.4) is 0 Å². The van der Waals surface area contributed by atoms with E-state index in [9.17, 15) is 4.79 Å². The highest BCUT2D eigenvalue weighted by atomic mass is 32.1. The molecule has 2 aliphatic heterocycles. The van der Waals surface area contributed by atoms with Gasteiger partial charge in [0.2, 0.25) is 0 Å². The molecule has 5 rings (SSSR count). The maximum atomic E-state index is 12.8. The molecule has 2 aromatic heterocycles. The first-order chi connectivity index (χ1) is 12.2. The van der Waals surface area contributed by atoms with Crippen molar-refractivity contribution in [2.45, 2.75) is 25.9 Å². The van der Waals surface area contributed by atoms with E-state index in [2.05, 4.69) is 21.3 Å². The van der Waals surface area contributed by atoms with E-state index in [0.29, 0.717) is 6.04 Å². The van der Waals surface area contributed by atoms with Crippen LogP contribution in [0, 0.1) is 6.92 Å². The molecule has 128 valence electrons. The van der Waals surface area contributed by atoms with E-state index >= 15 is 0 Å². The number of benzene rings is 1. The Morgan fingerprint density at radius 2 is 2.16 bits per heavy atom. The van der Waals surface area contributed by atoms with Gasteiger partial charge in [-0.2, -0.15) is 0 Å². The number of thiophene rings is 1. The molecule has 0 N–H and O–H groups in total. The van der Waals surface area contributed by atoms with E-state index in [-0.39, 0.29) is 5.91 Å². The number of aromatic nitrogens is 1. The van der Waals surface area contributed by atoms with Gasteiger partial charge in [0, 0.05) is 42.7 Å². The molecule has 0 bridgehead atoms. The number of rotatable bonds is 2. The van der Waals surface area contributed by atoms with Crippen LogP contribution in [0.5, 0.6) is 0 Å². The van der Waals surface area contributed by atoms with Gasteiger partial charge in [0.05, 0.1) is 15.2 Å². The van der Waals surface area contributed by atoms with Crippen molar-refractivity contribution in [1.29, 1.82) is 0 Å². The Morgan fingerprint density at radius 3 is 3.04 bits per heavy atom. The van der Waals surface area contributed by atoms with E-state index in [4.69, 9.17) is 0 Å². The lowest BCUT2D eigenvalue weighted by molar-refractivity contribution is 0.0221. The van der Waals surface area contributed by atoms with Crippen LogP contribution in [0.15, 0.2) is 29.6 Å². The molecule has 4 heterocycles. The summed E-state index contributed by atoms with van der Waals surface area (Å²) in [5.41, 5.74) is 3.25. The Kier molecular flexibility index (Phi) is 3.66. The second-order valence-corrected chi connectivity index (χ2v) is 9.10. The van der Waals surface area contributed by atoms with Gasteiger partial charge in [0.15, 0.2) is 0 Å². The molecule has 6 heteroatoms. The summed E-state index contributed by atoms with van der Waals surface area (Å²) in [6, 6.07) is 8.63. The minimum Gasteiger partial charge on any atom is -0.335 e. The summed E-state index contributed by atoms with van der Waals surface area (Å²) in [4.78, 5) is 23.3. The average Bonchev–Trinajstić information content (AvgIpc) is 3.16. The molecule has 1 amide bonds. The lowest BCUT2D eigenvalue weighted by atomic mass is 10.0. The number of carbonyl (C=O) groups excluding carboxylic acids is 1. The van der Waals surface area contributed by atoms with Crippen LogP contribution < -0.4 is 0 Å². The van der Waals surface area contributed by atoms with E-state index in [1.807, 2.05) is 41.4 Å². The predicted molar refractivity (Wildman–Crippen MR) is 102 cm³/mol. The van der Waals surface area contributed by atoms with E-state index in [1.165, 1.54) is 10.4 Å². The van der Waals surface area contributed by atoms with Crippen LogP contribution in [0.4, 0.5) is 0 Å². The smallest absolute Gasteiger partial charge is 0.254 e. The first-order valence-corrected chi connectivity index (χ1v) is 10.3. The topological polar surface area (TPSA) is 36.4 Å². The van der Waals surface area contributed by atoms with Gasteiger partial charge in [0.1, 0.15) is 0 Å². The molecule has 25 heavy (non-hydrogen) atoms. The molecule has 0 unspecified atom stereocenters. The molecule has 0 aliphatic carbocycles. The minimum atomic E-state index is 0.150. The first-order valence-electron chi connectivity index (χ1n) is 8.63. The number of fused-ring (bicyclic) bond motifs is 2. The third-order valence-electron chi connectivity index (χ3n) is 5.25. The Balaban J connectivity index is 1.26. The number of aryl methyl sites for hydroxylation is 1. The molecule has 0 saturated carbocycles. The zero-order chi connectivity index (χ0) is 17.0. The highest BCUT2D eigenvalue weighted by Gasteiger charge is 2.36. The fourth-order valence-corrected chi connectivity index (χ4v) is 5.55. The van der Waals surface area contributed by atoms with E-state index in [0.717, 1.165) is 53.4 Å². The Hall–Kier alpha value is -1.76. The second-order valence-electron chi connectivity index (χ2n) is 6.87. The molecule has 1 aromatic carbocycles. The molecular formula is C19H19N3OS2. The zero-order valence-corrected chi connectivity index (χ0v) is 15.7. The normalized spacial score (nSPS) is 18.4. The summed E-state index contributed by atoms with van der Waals surface area (Å²) >= 11 is 3.52. The summed E-state index contributed by atoms with van der Waals surface area (Å²) in [7, 11) is 0. The summed E-state index contributed by atoms with van der Waals surface area (Å²) in [5, 5.41) is 3.24.